The smallest absolute Gasteiger partial charge is 0.187 e. The molecule has 0 bridgehead atoms. The first-order valence-electron chi connectivity index (χ1n) is 5.76. The van der Waals surface area contributed by atoms with Crippen molar-refractivity contribution in [1.29, 1.82) is 0 Å². The molecule has 2 aromatic heterocycles. The summed E-state index contributed by atoms with van der Waals surface area (Å²) in [6, 6.07) is 3.74. The van der Waals surface area contributed by atoms with Crippen molar-refractivity contribution in [2.75, 3.05) is 11.9 Å². The molecular weight excluding hydrogens is 246 g/mol. The Bertz CT molecular complexity index is 503. The van der Waals surface area contributed by atoms with Gasteiger partial charge >= 0.3 is 0 Å². The second kappa shape index (κ2) is 6.30. The molecule has 0 aliphatic heterocycles. The minimum Gasteiger partial charge on any atom is -0.370 e. The van der Waals surface area contributed by atoms with Gasteiger partial charge in [-0.25, -0.2) is 19.9 Å². The third-order valence-corrected chi connectivity index (χ3v) is 3.00. The first kappa shape index (κ1) is 12.8. The fraction of sp³-hybridized carbons (Fsp3) is 0.333. The van der Waals surface area contributed by atoms with Crippen molar-refractivity contribution in [3.8, 4) is 0 Å². The van der Waals surface area contributed by atoms with Crippen LogP contribution < -0.4 is 5.32 Å². The molecule has 0 saturated heterocycles. The molecule has 0 aliphatic carbocycles. The summed E-state index contributed by atoms with van der Waals surface area (Å²) in [5.74, 6) is 2.34. The van der Waals surface area contributed by atoms with Gasteiger partial charge in [-0.15, -0.1) is 0 Å². The highest BCUT2D eigenvalue weighted by Gasteiger charge is 2.04. The van der Waals surface area contributed by atoms with Gasteiger partial charge in [0.1, 0.15) is 11.6 Å². The van der Waals surface area contributed by atoms with E-state index in [2.05, 4.69) is 25.3 Å². The molecule has 0 unspecified atom stereocenters. The van der Waals surface area contributed by atoms with Gasteiger partial charge in [0.25, 0.3) is 0 Å². The first-order valence-corrected chi connectivity index (χ1v) is 6.74. The molecule has 0 atom stereocenters. The number of aryl methyl sites for hydroxylation is 1. The van der Waals surface area contributed by atoms with E-state index in [4.69, 9.17) is 0 Å². The van der Waals surface area contributed by atoms with Crippen molar-refractivity contribution in [2.24, 2.45) is 0 Å². The summed E-state index contributed by atoms with van der Waals surface area (Å²) in [6.45, 7) is 4.87. The quantitative estimate of drug-likeness (QED) is 0.658. The van der Waals surface area contributed by atoms with Crippen LogP contribution in [0.4, 0.5) is 5.82 Å². The lowest BCUT2D eigenvalue weighted by atomic mass is 10.4. The number of nitrogens with zero attached hydrogens (tertiary/aromatic N) is 4. The molecule has 0 amide bonds. The van der Waals surface area contributed by atoms with Gasteiger partial charge in [-0.05, 0) is 19.9 Å². The third kappa shape index (κ3) is 3.66. The maximum Gasteiger partial charge on any atom is 0.187 e. The SMILES string of the molecule is CCNc1cc(C)nc(CSc2ncccn2)n1. The van der Waals surface area contributed by atoms with Crippen LogP contribution in [0, 0.1) is 6.92 Å². The normalized spacial score (nSPS) is 10.3. The summed E-state index contributed by atoms with van der Waals surface area (Å²) in [5, 5.41) is 3.94. The van der Waals surface area contributed by atoms with Crippen LogP contribution in [0.15, 0.2) is 29.7 Å². The number of hydrogen-bond acceptors (Lipinski definition) is 6. The van der Waals surface area contributed by atoms with E-state index in [1.165, 1.54) is 11.8 Å². The number of thioether (sulfide) groups is 1. The zero-order chi connectivity index (χ0) is 12.8. The molecule has 2 aromatic rings. The average molecular weight is 261 g/mol. The Hall–Kier alpha value is -1.69. The molecule has 1 N–H and O–H groups in total. The Labute approximate surface area is 110 Å². The molecule has 0 fully saturated rings. The molecule has 0 aromatic carbocycles. The van der Waals surface area contributed by atoms with Gasteiger partial charge in [-0.3, -0.25) is 0 Å². The molecule has 2 rings (SSSR count). The van der Waals surface area contributed by atoms with E-state index in [0.717, 1.165) is 29.0 Å². The van der Waals surface area contributed by atoms with Gasteiger partial charge in [-0.2, -0.15) is 0 Å². The standard InChI is InChI=1S/C12H15N5S/c1-3-13-10-7-9(2)16-11(17-10)8-18-12-14-5-4-6-15-12/h4-7H,3,8H2,1-2H3,(H,13,16,17). The van der Waals surface area contributed by atoms with Crippen LogP contribution in [-0.4, -0.2) is 26.5 Å². The Kier molecular flexibility index (Phi) is 4.46. The van der Waals surface area contributed by atoms with Crippen LogP contribution in [0.2, 0.25) is 0 Å². The highest BCUT2D eigenvalue weighted by molar-refractivity contribution is 7.98. The zero-order valence-corrected chi connectivity index (χ0v) is 11.2. The number of anilines is 1. The molecule has 0 spiro atoms. The number of rotatable bonds is 5. The van der Waals surface area contributed by atoms with Crippen molar-refractivity contribution in [2.45, 2.75) is 24.8 Å². The molecule has 5 nitrogen and oxygen atoms in total. The Balaban J connectivity index is 2.05. The Morgan fingerprint density at radius 3 is 2.72 bits per heavy atom. The second-order valence-electron chi connectivity index (χ2n) is 3.66. The van der Waals surface area contributed by atoms with Crippen molar-refractivity contribution in [3.63, 3.8) is 0 Å². The van der Waals surface area contributed by atoms with E-state index >= 15 is 0 Å². The molecule has 18 heavy (non-hydrogen) atoms. The fourth-order valence-corrected chi connectivity index (χ4v) is 2.11. The van der Waals surface area contributed by atoms with Gasteiger partial charge in [0.15, 0.2) is 5.16 Å². The highest BCUT2D eigenvalue weighted by atomic mass is 32.2. The molecule has 6 heteroatoms. The van der Waals surface area contributed by atoms with Crippen LogP contribution in [0.3, 0.4) is 0 Å². The maximum atomic E-state index is 4.44. The summed E-state index contributed by atoms with van der Waals surface area (Å²) in [4.78, 5) is 17.2. The molecule has 0 aliphatic rings. The largest absolute Gasteiger partial charge is 0.370 e. The van der Waals surface area contributed by atoms with Crippen molar-refractivity contribution in [3.05, 3.63) is 36.0 Å². The van der Waals surface area contributed by atoms with Crippen molar-refractivity contribution in [1.82, 2.24) is 19.9 Å². The van der Waals surface area contributed by atoms with E-state index < -0.39 is 0 Å². The van der Waals surface area contributed by atoms with Crippen LogP contribution >= 0.6 is 11.8 Å². The van der Waals surface area contributed by atoms with Crippen molar-refractivity contribution < 1.29 is 0 Å². The number of nitrogens with one attached hydrogen (secondary N) is 1. The summed E-state index contributed by atoms with van der Waals surface area (Å²) < 4.78 is 0. The molecular formula is C12H15N5S. The lowest BCUT2D eigenvalue weighted by Gasteiger charge is -2.06. The molecule has 2 heterocycles. The number of hydrogen-bond donors (Lipinski definition) is 1. The van der Waals surface area contributed by atoms with Gasteiger partial charge in [0.05, 0.1) is 5.75 Å². The predicted octanol–water partition coefficient (Wildman–Crippen LogP) is 2.30. The minimum atomic E-state index is 0.671. The number of aromatic nitrogens is 4. The first-order chi connectivity index (χ1) is 8.78. The van der Waals surface area contributed by atoms with Crippen molar-refractivity contribution >= 4 is 17.6 Å². The fourth-order valence-electron chi connectivity index (χ4n) is 1.46. The molecule has 0 radical (unpaired) electrons. The maximum absolute atomic E-state index is 4.44. The Morgan fingerprint density at radius 1 is 1.22 bits per heavy atom. The van der Waals surface area contributed by atoms with Crippen LogP contribution in [-0.2, 0) is 5.75 Å². The van der Waals surface area contributed by atoms with Gasteiger partial charge < -0.3 is 5.32 Å². The minimum absolute atomic E-state index is 0.671. The van der Waals surface area contributed by atoms with Gasteiger partial charge in [-0.1, -0.05) is 11.8 Å². The Morgan fingerprint density at radius 2 is 2.00 bits per heavy atom. The summed E-state index contributed by atoms with van der Waals surface area (Å²) in [6.07, 6.45) is 3.47. The average Bonchev–Trinajstić information content (AvgIpc) is 2.37. The lowest BCUT2D eigenvalue weighted by molar-refractivity contribution is 0.951. The molecule has 94 valence electrons. The van der Waals surface area contributed by atoms with Gasteiger partial charge in [0.2, 0.25) is 0 Å². The topological polar surface area (TPSA) is 63.6 Å². The molecule has 0 saturated carbocycles. The third-order valence-electron chi connectivity index (χ3n) is 2.13. The van der Waals surface area contributed by atoms with Crippen LogP contribution in [0.5, 0.6) is 0 Å². The van der Waals surface area contributed by atoms with E-state index in [9.17, 15) is 0 Å². The highest BCUT2D eigenvalue weighted by Crippen LogP contribution is 2.17. The summed E-state index contributed by atoms with van der Waals surface area (Å²) in [5.41, 5.74) is 0.963. The van der Waals surface area contributed by atoms with E-state index in [-0.39, 0.29) is 0 Å². The zero-order valence-electron chi connectivity index (χ0n) is 10.4. The van der Waals surface area contributed by atoms with Crippen LogP contribution in [0.1, 0.15) is 18.4 Å². The van der Waals surface area contributed by atoms with E-state index in [1.807, 2.05) is 19.9 Å². The lowest BCUT2D eigenvalue weighted by Crippen LogP contribution is -2.04. The van der Waals surface area contributed by atoms with E-state index in [0.29, 0.717) is 5.75 Å². The summed E-state index contributed by atoms with van der Waals surface area (Å²) >= 11 is 1.53. The van der Waals surface area contributed by atoms with Gasteiger partial charge in [0, 0.05) is 30.7 Å². The van der Waals surface area contributed by atoms with E-state index in [1.54, 1.807) is 18.5 Å². The van der Waals surface area contributed by atoms with Crippen LogP contribution in [0.25, 0.3) is 0 Å². The second-order valence-corrected chi connectivity index (χ2v) is 4.60. The predicted molar refractivity (Wildman–Crippen MR) is 72.5 cm³/mol. The monoisotopic (exact) mass is 261 g/mol. The summed E-state index contributed by atoms with van der Waals surface area (Å²) in [7, 11) is 0.